The van der Waals surface area contributed by atoms with Crippen molar-refractivity contribution in [2.45, 2.75) is 11.6 Å². The minimum atomic E-state index is -0.308. The Morgan fingerprint density at radius 2 is 1.94 bits per heavy atom. The minimum Gasteiger partial charge on any atom is -0.497 e. The van der Waals surface area contributed by atoms with Crippen LogP contribution in [0.1, 0.15) is 11.5 Å². The zero-order valence-electron chi connectivity index (χ0n) is 16.4. The van der Waals surface area contributed by atoms with Gasteiger partial charge in [0, 0.05) is 10.9 Å². The zero-order chi connectivity index (χ0) is 21.6. The number of rotatable bonds is 8. The molecule has 0 radical (unpaired) electrons. The highest BCUT2D eigenvalue weighted by Gasteiger charge is 2.12. The number of nitrogens with one attached hydrogen (secondary N) is 1. The van der Waals surface area contributed by atoms with Crippen LogP contribution in [0.4, 0.5) is 9.52 Å². The van der Waals surface area contributed by atoms with Crippen molar-refractivity contribution in [2.24, 2.45) is 0 Å². The van der Waals surface area contributed by atoms with Crippen LogP contribution in [0.25, 0.3) is 11.3 Å². The molecule has 0 atom stereocenters. The molecule has 1 amide bonds. The highest BCUT2D eigenvalue weighted by molar-refractivity contribution is 7.99. The summed E-state index contributed by atoms with van der Waals surface area (Å²) in [4.78, 5) is 16.6. The molecule has 4 aromatic rings. The van der Waals surface area contributed by atoms with Crippen molar-refractivity contribution < 1.29 is 18.3 Å². The van der Waals surface area contributed by atoms with Crippen LogP contribution < -0.4 is 10.1 Å². The summed E-state index contributed by atoms with van der Waals surface area (Å²) in [7, 11) is 1.62. The van der Waals surface area contributed by atoms with Gasteiger partial charge in [0.2, 0.25) is 11.8 Å². The number of halogens is 1. The molecule has 2 aromatic heterocycles. The summed E-state index contributed by atoms with van der Waals surface area (Å²) in [6.45, 7) is 0. The van der Waals surface area contributed by atoms with Crippen molar-refractivity contribution in [1.82, 2.24) is 15.2 Å². The van der Waals surface area contributed by atoms with Gasteiger partial charge in [0.25, 0.3) is 5.22 Å². The first-order chi connectivity index (χ1) is 15.1. The number of aromatic nitrogens is 3. The van der Waals surface area contributed by atoms with E-state index in [1.54, 1.807) is 24.6 Å². The molecule has 0 spiro atoms. The van der Waals surface area contributed by atoms with Crippen molar-refractivity contribution in [1.29, 1.82) is 0 Å². The summed E-state index contributed by atoms with van der Waals surface area (Å²) in [5.74, 6) is 0.812. The van der Waals surface area contributed by atoms with E-state index in [0.29, 0.717) is 28.4 Å². The molecule has 7 nitrogen and oxygen atoms in total. The van der Waals surface area contributed by atoms with Crippen LogP contribution >= 0.6 is 23.1 Å². The Balaban J connectivity index is 1.28. The van der Waals surface area contributed by atoms with Crippen LogP contribution in [0, 0.1) is 5.82 Å². The number of hydrogen-bond donors (Lipinski definition) is 1. The first-order valence-electron chi connectivity index (χ1n) is 9.18. The molecule has 158 valence electrons. The Kier molecular flexibility index (Phi) is 6.58. The first kappa shape index (κ1) is 21.0. The van der Waals surface area contributed by atoms with Crippen LogP contribution in [-0.2, 0) is 11.2 Å². The summed E-state index contributed by atoms with van der Waals surface area (Å²) < 4.78 is 23.8. The Labute approximate surface area is 185 Å². The largest absolute Gasteiger partial charge is 0.497 e. The fourth-order valence-corrected chi connectivity index (χ4v) is 3.97. The van der Waals surface area contributed by atoms with Gasteiger partial charge in [-0.2, -0.15) is 0 Å². The molecule has 1 N–H and O–H groups in total. The number of carbonyl (C=O) groups is 1. The van der Waals surface area contributed by atoms with E-state index in [2.05, 4.69) is 20.5 Å². The van der Waals surface area contributed by atoms with Crippen molar-refractivity contribution in [3.8, 4) is 17.0 Å². The summed E-state index contributed by atoms with van der Waals surface area (Å²) >= 11 is 2.45. The predicted molar refractivity (Wildman–Crippen MR) is 117 cm³/mol. The average molecular weight is 457 g/mol. The topological polar surface area (TPSA) is 90.1 Å². The average Bonchev–Trinajstić information content (AvgIpc) is 3.43. The number of thioether (sulfide) groups is 1. The van der Waals surface area contributed by atoms with Crippen molar-refractivity contribution in [2.75, 3.05) is 18.2 Å². The number of nitrogens with zero attached hydrogens (tertiary/aromatic N) is 3. The molecule has 0 aliphatic rings. The Morgan fingerprint density at radius 1 is 1.16 bits per heavy atom. The molecular formula is C21H17FN4O3S2. The lowest BCUT2D eigenvalue weighted by Crippen LogP contribution is -2.13. The fourth-order valence-electron chi connectivity index (χ4n) is 2.65. The number of hydrogen-bond acceptors (Lipinski definition) is 8. The summed E-state index contributed by atoms with van der Waals surface area (Å²) in [6, 6.07) is 13.6. The van der Waals surface area contributed by atoms with E-state index in [9.17, 15) is 9.18 Å². The number of carbonyl (C=O) groups excluding carboxylic acids is 1. The highest BCUT2D eigenvalue weighted by atomic mass is 32.2. The smallest absolute Gasteiger partial charge is 0.277 e. The van der Waals surface area contributed by atoms with E-state index in [-0.39, 0.29) is 17.5 Å². The second-order valence-corrected chi connectivity index (χ2v) is 8.15. The zero-order valence-corrected chi connectivity index (χ0v) is 18.0. The van der Waals surface area contributed by atoms with Gasteiger partial charge in [-0.25, -0.2) is 9.37 Å². The van der Waals surface area contributed by atoms with Crippen LogP contribution in [0.2, 0.25) is 0 Å². The molecule has 0 fully saturated rings. The van der Waals surface area contributed by atoms with E-state index in [1.165, 1.54) is 23.5 Å². The summed E-state index contributed by atoms with van der Waals surface area (Å²) in [5, 5.41) is 13.3. The van der Waals surface area contributed by atoms with Gasteiger partial charge in [-0.05, 0) is 42.0 Å². The maximum absolute atomic E-state index is 13.0. The van der Waals surface area contributed by atoms with Crippen molar-refractivity contribution >= 4 is 34.1 Å². The maximum atomic E-state index is 13.0. The fraction of sp³-hybridized carbons (Fsp3) is 0.143. The van der Waals surface area contributed by atoms with Crippen LogP contribution in [-0.4, -0.2) is 34.0 Å². The molecule has 2 aromatic carbocycles. The van der Waals surface area contributed by atoms with Gasteiger partial charge >= 0.3 is 0 Å². The maximum Gasteiger partial charge on any atom is 0.277 e. The second-order valence-electron chi connectivity index (χ2n) is 6.37. The molecule has 0 bridgehead atoms. The van der Waals surface area contributed by atoms with Crippen LogP contribution in [0.15, 0.2) is 63.6 Å². The van der Waals surface area contributed by atoms with Gasteiger partial charge in [-0.1, -0.05) is 23.9 Å². The number of thiazole rings is 1. The lowest BCUT2D eigenvalue weighted by Gasteiger charge is -2.01. The Hall–Kier alpha value is -3.24. The standard InChI is InChI=1S/C21H17FN4O3S2/c1-28-16-8-2-13(3-9-16)10-19-25-26-21(29-19)31-12-18(27)24-20-23-17(11-30-20)14-4-6-15(22)7-5-14/h2-9,11H,10,12H2,1H3,(H,23,24,27). The number of methoxy groups -OCH3 is 1. The van der Waals surface area contributed by atoms with E-state index in [0.717, 1.165) is 28.6 Å². The monoisotopic (exact) mass is 456 g/mol. The molecule has 31 heavy (non-hydrogen) atoms. The molecular weight excluding hydrogens is 439 g/mol. The third-order valence-corrected chi connectivity index (χ3v) is 5.76. The van der Waals surface area contributed by atoms with E-state index in [1.807, 2.05) is 24.3 Å². The summed E-state index contributed by atoms with van der Waals surface area (Å²) in [5.41, 5.74) is 2.47. The normalized spacial score (nSPS) is 10.8. The third kappa shape index (κ3) is 5.68. The van der Waals surface area contributed by atoms with Crippen LogP contribution in [0.3, 0.4) is 0 Å². The molecule has 10 heteroatoms. The lowest BCUT2D eigenvalue weighted by atomic mass is 10.1. The molecule has 0 saturated heterocycles. The minimum absolute atomic E-state index is 0.107. The van der Waals surface area contributed by atoms with Crippen molar-refractivity contribution in [3.05, 3.63) is 71.2 Å². The van der Waals surface area contributed by atoms with E-state index < -0.39 is 0 Å². The Bertz CT molecular complexity index is 1160. The molecule has 0 aliphatic carbocycles. The van der Waals surface area contributed by atoms with E-state index in [4.69, 9.17) is 9.15 Å². The van der Waals surface area contributed by atoms with Gasteiger partial charge < -0.3 is 14.5 Å². The Morgan fingerprint density at radius 3 is 2.68 bits per heavy atom. The summed E-state index contributed by atoms with van der Waals surface area (Å²) in [6.07, 6.45) is 0.495. The van der Waals surface area contributed by atoms with Crippen molar-refractivity contribution in [3.63, 3.8) is 0 Å². The molecule has 4 rings (SSSR count). The third-order valence-electron chi connectivity index (χ3n) is 4.18. The predicted octanol–water partition coefficient (Wildman–Crippen LogP) is 4.66. The van der Waals surface area contributed by atoms with Gasteiger partial charge in [-0.15, -0.1) is 21.5 Å². The molecule has 0 aliphatic heterocycles. The van der Waals surface area contributed by atoms with Gasteiger partial charge in [0.05, 0.1) is 25.0 Å². The molecule has 2 heterocycles. The molecule has 0 unspecified atom stereocenters. The highest BCUT2D eigenvalue weighted by Crippen LogP contribution is 2.25. The first-order valence-corrected chi connectivity index (χ1v) is 11.0. The lowest BCUT2D eigenvalue weighted by molar-refractivity contribution is -0.113. The molecule has 0 saturated carbocycles. The number of benzene rings is 2. The SMILES string of the molecule is COc1ccc(Cc2nnc(SCC(=O)Nc3nc(-c4ccc(F)cc4)cs3)o2)cc1. The van der Waals surface area contributed by atoms with Gasteiger partial charge in [0.1, 0.15) is 11.6 Å². The second kappa shape index (κ2) is 9.71. The van der Waals surface area contributed by atoms with Gasteiger partial charge in [0.15, 0.2) is 5.13 Å². The number of ether oxygens (including phenoxy) is 1. The van der Waals surface area contributed by atoms with Crippen LogP contribution in [0.5, 0.6) is 5.75 Å². The van der Waals surface area contributed by atoms with E-state index >= 15 is 0 Å². The number of amides is 1. The number of anilines is 1. The van der Waals surface area contributed by atoms with Gasteiger partial charge in [-0.3, -0.25) is 4.79 Å². The quantitative estimate of drug-likeness (QED) is 0.386.